The van der Waals surface area contributed by atoms with Gasteiger partial charge in [-0.3, -0.25) is 9.78 Å². The van der Waals surface area contributed by atoms with Crippen LogP contribution in [0.4, 0.5) is 0 Å². The number of carbonyl (C=O) groups excluding carboxylic acids is 1. The van der Waals surface area contributed by atoms with E-state index >= 15 is 0 Å². The first kappa shape index (κ1) is 12.3. The Morgan fingerprint density at radius 3 is 2.47 bits per heavy atom. The first-order chi connectivity index (χ1) is 7.76. The number of hydrogen-bond acceptors (Lipinski definition) is 5. The Labute approximate surface area is 104 Å². The summed E-state index contributed by atoms with van der Waals surface area (Å²) >= 11 is 5.55. The molecule has 1 aliphatic rings. The zero-order chi connectivity index (χ0) is 12.8. The summed E-state index contributed by atoms with van der Waals surface area (Å²) in [5.41, 5.74) is 0.377. The SMILES string of the molecule is CC1(C)C(=O)N(Cc2cnc(Cl)cn2)S1(=O)=O. The van der Waals surface area contributed by atoms with Crippen molar-refractivity contribution in [3.8, 4) is 0 Å². The molecule has 1 aliphatic heterocycles. The van der Waals surface area contributed by atoms with Gasteiger partial charge >= 0.3 is 0 Å². The van der Waals surface area contributed by atoms with Gasteiger partial charge in [-0.25, -0.2) is 17.7 Å². The van der Waals surface area contributed by atoms with Crippen LogP contribution in [0.5, 0.6) is 0 Å². The van der Waals surface area contributed by atoms with E-state index in [-0.39, 0.29) is 11.7 Å². The van der Waals surface area contributed by atoms with Gasteiger partial charge in [0.05, 0.1) is 24.6 Å². The van der Waals surface area contributed by atoms with Gasteiger partial charge in [-0.2, -0.15) is 0 Å². The molecule has 0 aromatic carbocycles. The molecule has 8 heteroatoms. The van der Waals surface area contributed by atoms with Crippen molar-refractivity contribution >= 4 is 27.5 Å². The molecule has 0 bridgehead atoms. The van der Waals surface area contributed by atoms with Gasteiger partial charge in [-0.05, 0) is 13.8 Å². The zero-order valence-electron chi connectivity index (χ0n) is 9.21. The van der Waals surface area contributed by atoms with Gasteiger partial charge in [0.15, 0.2) is 4.75 Å². The molecule has 1 fully saturated rings. The average molecular weight is 276 g/mol. The summed E-state index contributed by atoms with van der Waals surface area (Å²) in [5, 5.41) is 0.215. The van der Waals surface area contributed by atoms with E-state index in [1.165, 1.54) is 26.2 Å². The number of halogens is 1. The number of hydrogen-bond donors (Lipinski definition) is 0. The normalized spacial score (nSPS) is 21.1. The van der Waals surface area contributed by atoms with Crippen molar-refractivity contribution in [2.24, 2.45) is 0 Å². The van der Waals surface area contributed by atoms with Crippen LogP contribution in [0.2, 0.25) is 5.15 Å². The second kappa shape index (κ2) is 3.64. The van der Waals surface area contributed by atoms with Gasteiger partial charge in [0.2, 0.25) is 0 Å². The van der Waals surface area contributed by atoms with Crippen LogP contribution in [0.3, 0.4) is 0 Å². The molecule has 2 heterocycles. The second-order valence-electron chi connectivity index (χ2n) is 4.16. The highest BCUT2D eigenvalue weighted by atomic mass is 35.5. The first-order valence-corrected chi connectivity index (χ1v) is 6.62. The molecule has 0 spiro atoms. The quantitative estimate of drug-likeness (QED) is 0.789. The minimum absolute atomic E-state index is 0.102. The molecule has 17 heavy (non-hydrogen) atoms. The van der Waals surface area contributed by atoms with Crippen molar-refractivity contribution in [2.45, 2.75) is 25.1 Å². The highest BCUT2D eigenvalue weighted by Crippen LogP contribution is 2.35. The van der Waals surface area contributed by atoms with E-state index in [2.05, 4.69) is 9.97 Å². The first-order valence-electron chi connectivity index (χ1n) is 4.80. The smallest absolute Gasteiger partial charge is 0.259 e. The highest BCUT2D eigenvalue weighted by molar-refractivity contribution is 7.94. The number of rotatable bonds is 2. The Morgan fingerprint density at radius 2 is 2.00 bits per heavy atom. The van der Waals surface area contributed by atoms with Gasteiger partial charge in [-0.15, -0.1) is 0 Å². The van der Waals surface area contributed by atoms with E-state index < -0.39 is 20.7 Å². The lowest BCUT2D eigenvalue weighted by Crippen LogP contribution is -2.66. The third kappa shape index (κ3) is 1.69. The zero-order valence-corrected chi connectivity index (χ0v) is 10.8. The number of aromatic nitrogens is 2. The summed E-state index contributed by atoms with van der Waals surface area (Å²) in [5.74, 6) is -0.436. The molecule has 0 unspecified atom stereocenters. The standard InChI is InChI=1S/C9H10ClN3O3S/c1-9(2)8(14)13(17(9,15)16)5-6-3-12-7(10)4-11-6/h3-4H,5H2,1-2H3. The summed E-state index contributed by atoms with van der Waals surface area (Å²) in [6.07, 6.45) is 2.65. The van der Waals surface area contributed by atoms with Gasteiger partial charge in [-0.1, -0.05) is 11.6 Å². The third-order valence-electron chi connectivity index (χ3n) is 2.66. The van der Waals surface area contributed by atoms with E-state index in [1.807, 2.05) is 0 Å². The van der Waals surface area contributed by atoms with Crippen LogP contribution in [0.25, 0.3) is 0 Å². The van der Waals surface area contributed by atoms with Crippen LogP contribution >= 0.6 is 11.6 Å². The molecule has 6 nitrogen and oxygen atoms in total. The molecule has 1 aromatic rings. The molecule has 1 amide bonds. The Morgan fingerprint density at radius 1 is 1.35 bits per heavy atom. The maximum absolute atomic E-state index is 11.8. The largest absolute Gasteiger partial charge is 0.272 e. The molecule has 0 radical (unpaired) electrons. The molecule has 1 aromatic heterocycles. The lowest BCUT2D eigenvalue weighted by Gasteiger charge is -2.42. The van der Waals surface area contributed by atoms with Crippen molar-refractivity contribution in [3.05, 3.63) is 23.2 Å². The van der Waals surface area contributed by atoms with E-state index in [0.29, 0.717) is 5.69 Å². The van der Waals surface area contributed by atoms with Crippen LogP contribution in [-0.4, -0.2) is 33.3 Å². The van der Waals surface area contributed by atoms with E-state index in [4.69, 9.17) is 11.6 Å². The van der Waals surface area contributed by atoms with Crippen LogP contribution < -0.4 is 0 Å². The monoisotopic (exact) mass is 275 g/mol. The van der Waals surface area contributed by atoms with Gasteiger partial charge in [0.25, 0.3) is 15.9 Å². The predicted octanol–water partition coefficient (Wildman–Crippen LogP) is 0.581. The number of sulfonamides is 1. The molecule has 2 rings (SSSR count). The predicted molar refractivity (Wildman–Crippen MR) is 60.6 cm³/mol. The van der Waals surface area contributed by atoms with Crippen LogP contribution in [-0.2, 0) is 21.4 Å². The van der Waals surface area contributed by atoms with Gasteiger partial charge in [0.1, 0.15) is 5.15 Å². The molecule has 92 valence electrons. The minimum atomic E-state index is -3.57. The number of amides is 1. The fourth-order valence-corrected chi connectivity index (χ4v) is 3.08. The number of carbonyl (C=O) groups is 1. The Kier molecular flexibility index (Phi) is 2.62. The number of nitrogens with zero attached hydrogens (tertiary/aromatic N) is 3. The van der Waals surface area contributed by atoms with E-state index in [1.54, 1.807) is 0 Å². The molecular formula is C9H10ClN3O3S. The molecule has 0 N–H and O–H groups in total. The highest BCUT2D eigenvalue weighted by Gasteiger charge is 2.60. The summed E-state index contributed by atoms with van der Waals surface area (Å²) in [4.78, 5) is 19.3. The van der Waals surface area contributed by atoms with Crippen LogP contribution in [0, 0.1) is 0 Å². The fraction of sp³-hybridized carbons (Fsp3) is 0.444. The van der Waals surface area contributed by atoms with Gasteiger partial charge < -0.3 is 0 Å². The maximum atomic E-state index is 11.8. The summed E-state index contributed by atoms with van der Waals surface area (Å²) in [6.45, 7) is 2.66. The van der Waals surface area contributed by atoms with Crippen molar-refractivity contribution in [3.63, 3.8) is 0 Å². The molecule has 0 saturated carbocycles. The fourth-order valence-electron chi connectivity index (χ4n) is 1.48. The average Bonchev–Trinajstić information content (AvgIpc) is 2.27. The Hall–Kier alpha value is -1.21. The topological polar surface area (TPSA) is 80.2 Å². The summed E-state index contributed by atoms with van der Waals surface area (Å²) in [7, 11) is -3.57. The summed E-state index contributed by atoms with van der Waals surface area (Å²) in [6, 6.07) is 0. The van der Waals surface area contributed by atoms with Gasteiger partial charge in [0, 0.05) is 0 Å². The summed E-state index contributed by atoms with van der Waals surface area (Å²) < 4.78 is 23.0. The lowest BCUT2D eigenvalue weighted by molar-refractivity contribution is -0.132. The molecule has 0 aliphatic carbocycles. The molecular weight excluding hydrogens is 266 g/mol. The van der Waals surface area contributed by atoms with E-state index in [0.717, 1.165) is 4.31 Å². The van der Waals surface area contributed by atoms with Crippen molar-refractivity contribution in [1.29, 1.82) is 0 Å². The van der Waals surface area contributed by atoms with Crippen LogP contribution in [0.1, 0.15) is 19.5 Å². The van der Waals surface area contributed by atoms with Crippen molar-refractivity contribution < 1.29 is 13.2 Å². The Bertz CT molecular complexity index is 568. The molecule has 1 saturated heterocycles. The van der Waals surface area contributed by atoms with E-state index in [9.17, 15) is 13.2 Å². The minimum Gasteiger partial charge on any atom is -0.272 e. The third-order valence-corrected chi connectivity index (χ3v) is 5.19. The second-order valence-corrected chi connectivity index (χ2v) is 6.96. The maximum Gasteiger partial charge on any atom is 0.259 e. The van der Waals surface area contributed by atoms with Crippen molar-refractivity contribution in [2.75, 3.05) is 0 Å². The van der Waals surface area contributed by atoms with Crippen LogP contribution in [0.15, 0.2) is 12.4 Å². The molecule has 0 atom stereocenters. The Balaban J connectivity index is 2.22. The van der Waals surface area contributed by atoms with Crippen molar-refractivity contribution in [1.82, 2.24) is 14.3 Å². The lowest BCUT2D eigenvalue weighted by atomic mass is 10.2.